The van der Waals surface area contributed by atoms with Crippen LogP contribution in [0, 0.1) is 0 Å². The lowest BCUT2D eigenvalue weighted by molar-refractivity contribution is -0.147. The minimum absolute atomic E-state index is 0.0182. The Bertz CT molecular complexity index is 394. The summed E-state index contributed by atoms with van der Waals surface area (Å²) in [6, 6.07) is 7.68. The van der Waals surface area contributed by atoms with E-state index in [9.17, 15) is 13.2 Å². The summed E-state index contributed by atoms with van der Waals surface area (Å²) in [5.41, 5.74) is 2.02. The molecular formula is C14H18F3NO. The number of hydrogen-bond donors (Lipinski definition) is 1. The summed E-state index contributed by atoms with van der Waals surface area (Å²) in [5, 5.41) is 8.97. The molecule has 19 heavy (non-hydrogen) atoms. The van der Waals surface area contributed by atoms with Crippen LogP contribution >= 0.6 is 0 Å². The van der Waals surface area contributed by atoms with Crippen molar-refractivity contribution in [2.75, 3.05) is 19.6 Å². The van der Waals surface area contributed by atoms with E-state index in [1.54, 1.807) is 0 Å². The normalized spacial score (nSPS) is 18.7. The summed E-state index contributed by atoms with van der Waals surface area (Å²) in [5.74, 6) is 0.331. The highest BCUT2D eigenvalue weighted by Crippen LogP contribution is 2.29. The van der Waals surface area contributed by atoms with Gasteiger partial charge in [-0.05, 0) is 43.0 Å². The number of aliphatic hydroxyl groups is 1. The topological polar surface area (TPSA) is 23.5 Å². The van der Waals surface area contributed by atoms with E-state index in [1.807, 2.05) is 24.3 Å². The minimum atomic E-state index is -4.10. The van der Waals surface area contributed by atoms with Crippen LogP contribution in [0.15, 0.2) is 24.3 Å². The number of likely N-dealkylation sites (tertiary alicyclic amines) is 1. The van der Waals surface area contributed by atoms with Gasteiger partial charge in [0.15, 0.2) is 0 Å². The van der Waals surface area contributed by atoms with Gasteiger partial charge in [-0.25, -0.2) is 0 Å². The summed E-state index contributed by atoms with van der Waals surface area (Å²) in [4.78, 5) is 1.47. The highest BCUT2D eigenvalue weighted by atomic mass is 19.4. The molecule has 1 aromatic rings. The van der Waals surface area contributed by atoms with Gasteiger partial charge in [0.05, 0.1) is 13.2 Å². The van der Waals surface area contributed by atoms with Crippen molar-refractivity contribution in [1.82, 2.24) is 4.90 Å². The van der Waals surface area contributed by atoms with Gasteiger partial charge in [0.1, 0.15) is 0 Å². The third kappa shape index (κ3) is 4.21. The maximum atomic E-state index is 12.3. The van der Waals surface area contributed by atoms with Crippen LogP contribution in [-0.2, 0) is 6.61 Å². The van der Waals surface area contributed by atoms with Gasteiger partial charge >= 0.3 is 6.18 Å². The molecule has 0 saturated carbocycles. The fourth-order valence-electron chi connectivity index (χ4n) is 2.57. The Kier molecular flexibility index (Phi) is 4.47. The van der Waals surface area contributed by atoms with Crippen molar-refractivity contribution in [3.8, 4) is 0 Å². The third-order valence-corrected chi connectivity index (χ3v) is 3.62. The molecule has 1 aromatic carbocycles. The van der Waals surface area contributed by atoms with E-state index < -0.39 is 12.7 Å². The van der Waals surface area contributed by atoms with Gasteiger partial charge < -0.3 is 5.11 Å². The molecule has 2 rings (SSSR count). The first kappa shape index (κ1) is 14.3. The van der Waals surface area contributed by atoms with E-state index >= 15 is 0 Å². The van der Waals surface area contributed by atoms with E-state index in [0.29, 0.717) is 19.0 Å². The Balaban J connectivity index is 1.88. The minimum Gasteiger partial charge on any atom is -0.392 e. The molecule has 2 nitrogen and oxygen atoms in total. The van der Waals surface area contributed by atoms with E-state index in [4.69, 9.17) is 5.11 Å². The SMILES string of the molecule is OCc1ccc(C2CCN(CC(F)(F)F)CC2)cc1. The lowest BCUT2D eigenvalue weighted by Crippen LogP contribution is -2.39. The Morgan fingerprint density at radius 1 is 1.11 bits per heavy atom. The summed E-state index contributed by atoms with van der Waals surface area (Å²) in [6.45, 7) is 0.200. The quantitative estimate of drug-likeness (QED) is 0.915. The summed E-state index contributed by atoms with van der Waals surface area (Å²) in [7, 11) is 0. The first-order valence-electron chi connectivity index (χ1n) is 6.47. The van der Waals surface area contributed by atoms with Crippen molar-refractivity contribution in [1.29, 1.82) is 0 Å². The predicted molar refractivity (Wildman–Crippen MR) is 66.8 cm³/mol. The van der Waals surface area contributed by atoms with Crippen molar-refractivity contribution < 1.29 is 18.3 Å². The number of piperidine rings is 1. The number of hydrogen-bond acceptors (Lipinski definition) is 2. The van der Waals surface area contributed by atoms with Gasteiger partial charge in [0.25, 0.3) is 0 Å². The first-order chi connectivity index (χ1) is 8.98. The largest absolute Gasteiger partial charge is 0.401 e. The Morgan fingerprint density at radius 2 is 1.68 bits per heavy atom. The zero-order valence-electron chi connectivity index (χ0n) is 10.7. The molecule has 5 heteroatoms. The molecular weight excluding hydrogens is 255 g/mol. The van der Waals surface area contributed by atoms with E-state index in [0.717, 1.165) is 24.0 Å². The maximum absolute atomic E-state index is 12.3. The number of aliphatic hydroxyl groups excluding tert-OH is 1. The standard InChI is InChI=1S/C14H18F3NO/c15-14(16,17)10-18-7-5-13(6-8-18)12-3-1-11(9-19)2-4-12/h1-4,13,19H,5-10H2. The molecule has 106 valence electrons. The van der Waals surface area contributed by atoms with E-state index in [1.165, 1.54) is 4.90 Å². The zero-order chi connectivity index (χ0) is 13.9. The summed E-state index contributed by atoms with van der Waals surface area (Å²) >= 11 is 0. The van der Waals surface area contributed by atoms with Gasteiger partial charge in [-0.3, -0.25) is 4.90 Å². The second-order valence-corrected chi connectivity index (χ2v) is 5.07. The van der Waals surface area contributed by atoms with Crippen LogP contribution in [0.5, 0.6) is 0 Å². The Morgan fingerprint density at radius 3 is 2.16 bits per heavy atom. The first-order valence-corrected chi connectivity index (χ1v) is 6.47. The average molecular weight is 273 g/mol. The molecule has 1 saturated heterocycles. The summed E-state index contributed by atoms with van der Waals surface area (Å²) < 4.78 is 36.8. The second-order valence-electron chi connectivity index (χ2n) is 5.07. The van der Waals surface area contributed by atoms with Crippen molar-refractivity contribution in [3.63, 3.8) is 0 Å². The van der Waals surface area contributed by atoms with Crippen LogP contribution in [0.2, 0.25) is 0 Å². The fourth-order valence-corrected chi connectivity index (χ4v) is 2.57. The molecule has 1 N–H and O–H groups in total. The van der Waals surface area contributed by atoms with Gasteiger partial charge in [-0.1, -0.05) is 24.3 Å². The van der Waals surface area contributed by atoms with Gasteiger partial charge in [0, 0.05) is 0 Å². The molecule has 1 fully saturated rings. The van der Waals surface area contributed by atoms with Crippen LogP contribution in [0.25, 0.3) is 0 Å². The van der Waals surface area contributed by atoms with Crippen molar-refractivity contribution in [2.45, 2.75) is 31.5 Å². The average Bonchev–Trinajstić information content (AvgIpc) is 2.38. The van der Waals surface area contributed by atoms with Crippen LogP contribution in [0.1, 0.15) is 29.9 Å². The lowest BCUT2D eigenvalue weighted by Gasteiger charge is -2.32. The number of rotatable bonds is 3. The fraction of sp³-hybridized carbons (Fsp3) is 0.571. The Labute approximate surface area is 110 Å². The van der Waals surface area contributed by atoms with Crippen LogP contribution in [-0.4, -0.2) is 35.8 Å². The molecule has 1 aliphatic rings. The molecule has 0 amide bonds. The number of nitrogens with zero attached hydrogens (tertiary/aromatic N) is 1. The molecule has 0 spiro atoms. The molecule has 0 unspecified atom stereocenters. The van der Waals surface area contributed by atoms with Gasteiger partial charge in [-0.15, -0.1) is 0 Å². The molecule has 0 atom stereocenters. The monoisotopic (exact) mass is 273 g/mol. The molecule has 1 heterocycles. The lowest BCUT2D eigenvalue weighted by atomic mass is 9.89. The highest BCUT2D eigenvalue weighted by Gasteiger charge is 2.32. The predicted octanol–water partition coefficient (Wildman–Crippen LogP) is 2.92. The van der Waals surface area contributed by atoms with Gasteiger partial charge in [-0.2, -0.15) is 13.2 Å². The molecule has 0 bridgehead atoms. The summed E-state index contributed by atoms with van der Waals surface area (Å²) in [6.07, 6.45) is -2.58. The van der Waals surface area contributed by atoms with Crippen LogP contribution < -0.4 is 0 Å². The molecule has 0 radical (unpaired) electrons. The van der Waals surface area contributed by atoms with E-state index in [-0.39, 0.29) is 6.61 Å². The van der Waals surface area contributed by atoms with Crippen molar-refractivity contribution >= 4 is 0 Å². The van der Waals surface area contributed by atoms with Crippen LogP contribution in [0.4, 0.5) is 13.2 Å². The zero-order valence-corrected chi connectivity index (χ0v) is 10.7. The number of alkyl halides is 3. The molecule has 0 aromatic heterocycles. The van der Waals surface area contributed by atoms with Crippen LogP contribution in [0.3, 0.4) is 0 Å². The second kappa shape index (κ2) is 5.92. The van der Waals surface area contributed by atoms with E-state index in [2.05, 4.69) is 0 Å². The van der Waals surface area contributed by atoms with Crippen molar-refractivity contribution in [2.24, 2.45) is 0 Å². The maximum Gasteiger partial charge on any atom is 0.401 e. The highest BCUT2D eigenvalue weighted by molar-refractivity contribution is 5.25. The molecule has 0 aliphatic carbocycles. The molecule has 1 aliphatic heterocycles. The smallest absolute Gasteiger partial charge is 0.392 e. The number of halogens is 3. The van der Waals surface area contributed by atoms with Gasteiger partial charge in [0.2, 0.25) is 0 Å². The Hall–Kier alpha value is -1.07. The third-order valence-electron chi connectivity index (χ3n) is 3.62. The number of benzene rings is 1. The van der Waals surface area contributed by atoms with Crippen molar-refractivity contribution in [3.05, 3.63) is 35.4 Å².